The second-order valence-electron chi connectivity index (χ2n) is 14.3. The van der Waals surface area contributed by atoms with Gasteiger partial charge in [0.15, 0.2) is 0 Å². The zero-order chi connectivity index (χ0) is 24.5. The van der Waals surface area contributed by atoms with Crippen LogP contribution in [0, 0.1) is 44.8 Å². The van der Waals surface area contributed by atoms with Gasteiger partial charge in [-0.3, -0.25) is 0 Å². The standard InChI is InChI=1S/C30H44O4/c1-18-15-30(33,34-24(18)32)16-19(2)28-14-13-27(6)21-7-8-22-25(3,4)23(31)10-11-26(22,5)20(21)9-12-29(27,28)17-28/h7,15,19-20,22-23,31,33H,8-14,16-17H2,1-6H3/t19-,20-,22+,23-,26-,27+,28-,29-,30+/m1/s1. The molecule has 4 nitrogen and oxygen atoms in total. The van der Waals surface area contributed by atoms with Gasteiger partial charge in [0.25, 0.3) is 0 Å². The Balaban J connectivity index is 1.30. The van der Waals surface area contributed by atoms with Gasteiger partial charge in [0, 0.05) is 12.0 Å². The van der Waals surface area contributed by atoms with E-state index >= 15 is 0 Å². The number of cyclic esters (lactones) is 1. The summed E-state index contributed by atoms with van der Waals surface area (Å²) < 4.78 is 5.39. The molecule has 6 rings (SSSR count). The molecule has 34 heavy (non-hydrogen) atoms. The number of hydrogen-bond donors (Lipinski definition) is 2. The molecule has 4 saturated carbocycles. The minimum atomic E-state index is -1.44. The van der Waals surface area contributed by atoms with Crippen molar-refractivity contribution in [2.24, 2.45) is 44.8 Å². The molecule has 0 aromatic rings. The monoisotopic (exact) mass is 468 g/mol. The summed E-state index contributed by atoms with van der Waals surface area (Å²) in [7, 11) is 0. The van der Waals surface area contributed by atoms with Gasteiger partial charge in [0.05, 0.1) is 6.10 Å². The summed E-state index contributed by atoms with van der Waals surface area (Å²) in [4.78, 5) is 12.0. The maximum absolute atomic E-state index is 12.0. The third-order valence-electron chi connectivity index (χ3n) is 12.9. The first-order valence-corrected chi connectivity index (χ1v) is 13.8. The molecule has 9 atom stereocenters. The van der Waals surface area contributed by atoms with Crippen molar-refractivity contribution >= 4 is 5.97 Å². The zero-order valence-electron chi connectivity index (χ0n) is 22.0. The van der Waals surface area contributed by atoms with Crippen LogP contribution in [0.4, 0.5) is 0 Å². The number of aliphatic hydroxyl groups excluding tert-OH is 1. The van der Waals surface area contributed by atoms with Crippen molar-refractivity contribution in [3.63, 3.8) is 0 Å². The number of hydrogen-bond acceptors (Lipinski definition) is 4. The Kier molecular flexibility index (Phi) is 4.51. The molecule has 6 aliphatic rings. The number of ether oxygens (including phenoxy) is 1. The number of carbonyl (C=O) groups is 1. The lowest BCUT2D eigenvalue weighted by Crippen LogP contribution is -2.57. The van der Waals surface area contributed by atoms with Crippen LogP contribution < -0.4 is 0 Å². The molecule has 0 saturated heterocycles. The average Bonchev–Trinajstić information content (AvgIpc) is 3.25. The van der Waals surface area contributed by atoms with Gasteiger partial charge in [-0.15, -0.1) is 0 Å². The fraction of sp³-hybridized carbons (Fsp3) is 0.833. The predicted octanol–water partition coefficient (Wildman–Crippen LogP) is 5.92. The maximum Gasteiger partial charge on any atom is 0.336 e. The summed E-state index contributed by atoms with van der Waals surface area (Å²) in [6, 6.07) is 0. The second-order valence-corrected chi connectivity index (χ2v) is 14.3. The molecule has 1 aliphatic heterocycles. The van der Waals surface area contributed by atoms with Crippen molar-refractivity contribution in [1.82, 2.24) is 0 Å². The van der Waals surface area contributed by atoms with Gasteiger partial charge in [-0.2, -0.15) is 0 Å². The van der Waals surface area contributed by atoms with Gasteiger partial charge >= 0.3 is 5.97 Å². The zero-order valence-corrected chi connectivity index (χ0v) is 22.0. The lowest BCUT2D eigenvalue weighted by molar-refractivity contribution is -0.185. The molecular formula is C30H44O4. The van der Waals surface area contributed by atoms with Crippen LogP contribution in [0.15, 0.2) is 23.3 Å². The summed E-state index contributed by atoms with van der Waals surface area (Å²) >= 11 is 0. The predicted molar refractivity (Wildman–Crippen MR) is 131 cm³/mol. The first-order valence-electron chi connectivity index (χ1n) is 13.8. The van der Waals surface area contributed by atoms with Crippen molar-refractivity contribution < 1.29 is 19.7 Å². The van der Waals surface area contributed by atoms with E-state index in [1.807, 2.05) is 0 Å². The Bertz CT molecular complexity index is 1010. The van der Waals surface area contributed by atoms with Crippen molar-refractivity contribution in [2.45, 2.75) is 111 Å². The van der Waals surface area contributed by atoms with Gasteiger partial charge in [0.2, 0.25) is 5.79 Å². The van der Waals surface area contributed by atoms with E-state index in [0.29, 0.717) is 35.2 Å². The highest BCUT2D eigenvalue weighted by molar-refractivity contribution is 5.90. The van der Waals surface area contributed by atoms with Crippen LogP contribution in [-0.2, 0) is 9.53 Å². The van der Waals surface area contributed by atoms with Crippen molar-refractivity contribution in [2.75, 3.05) is 0 Å². The number of esters is 1. The van der Waals surface area contributed by atoms with E-state index in [0.717, 1.165) is 19.3 Å². The smallest absolute Gasteiger partial charge is 0.336 e. The van der Waals surface area contributed by atoms with E-state index in [1.165, 1.54) is 32.1 Å². The quantitative estimate of drug-likeness (QED) is 0.398. The molecule has 0 aromatic heterocycles. The molecule has 1 spiro atoms. The largest absolute Gasteiger partial charge is 0.426 e. The highest BCUT2D eigenvalue weighted by atomic mass is 16.7. The second kappa shape index (κ2) is 6.59. The summed E-state index contributed by atoms with van der Waals surface area (Å²) in [5, 5.41) is 21.8. The van der Waals surface area contributed by atoms with Gasteiger partial charge in [-0.25, -0.2) is 4.79 Å². The SMILES string of the molecule is CC1=C[C@@](O)(C[C@@H](C)[C@]23CC[C@@]4(C)C5=CC[C@H]6C(C)(C)[C@H](O)CC[C@]6(C)[C@@H]5CC[C@]24C3)OC1=O. The molecule has 0 bridgehead atoms. The highest BCUT2D eigenvalue weighted by Crippen LogP contribution is 2.89. The van der Waals surface area contributed by atoms with E-state index in [1.54, 1.807) is 18.6 Å². The number of carbonyl (C=O) groups excluding carboxylic acids is 1. The average molecular weight is 469 g/mol. The Morgan fingerprint density at radius 1 is 1.12 bits per heavy atom. The van der Waals surface area contributed by atoms with Crippen LogP contribution in [0.25, 0.3) is 0 Å². The fourth-order valence-electron chi connectivity index (χ4n) is 10.9. The molecule has 1 heterocycles. The fourth-order valence-corrected chi connectivity index (χ4v) is 10.9. The summed E-state index contributed by atoms with van der Waals surface area (Å²) in [5.41, 5.74) is 3.31. The van der Waals surface area contributed by atoms with Crippen LogP contribution in [0.3, 0.4) is 0 Å². The minimum Gasteiger partial charge on any atom is -0.426 e. The molecule has 188 valence electrons. The van der Waals surface area contributed by atoms with E-state index < -0.39 is 5.79 Å². The van der Waals surface area contributed by atoms with Crippen LogP contribution in [-0.4, -0.2) is 28.1 Å². The van der Waals surface area contributed by atoms with Crippen LogP contribution >= 0.6 is 0 Å². The third kappa shape index (κ3) is 2.55. The number of fused-ring (bicyclic) bond motifs is 4. The first kappa shape index (κ1) is 23.3. The van der Waals surface area contributed by atoms with E-state index in [2.05, 4.69) is 40.7 Å². The van der Waals surface area contributed by atoms with Crippen molar-refractivity contribution in [3.8, 4) is 0 Å². The Labute approximate surface area is 205 Å². The Morgan fingerprint density at radius 3 is 2.53 bits per heavy atom. The van der Waals surface area contributed by atoms with E-state index in [9.17, 15) is 15.0 Å². The molecule has 0 unspecified atom stereocenters. The lowest BCUT2D eigenvalue weighted by atomic mass is 9.42. The minimum absolute atomic E-state index is 0.0294. The lowest BCUT2D eigenvalue weighted by Gasteiger charge is -2.62. The van der Waals surface area contributed by atoms with Gasteiger partial charge in [-0.05, 0) is 109 Å². The van der Waals surface area contributed by atoms with Crippen LogP contribution in [0.1, 0.15) is 99.3 Å². The van der Waals surface area contributed by atoms with E-state index in [4.69, 9.17) is 4.74 Å². The van der Waals surface area contributed by atoms with Gasteiger partial charge in [0.1, 0.15) is 0 Å². The van der Waals surface area contributed by atoms with Crippen molar-refractivity contribution in [1.29, 1.82) is 0 Å². The number of allylic oxidation sites excluding steroid dienone is 2. The molecule has 0 aromatic carbocycles. The summed E-state index contributed by atoms with van der Waals surface area (Å²) in [6.45, 7) is 13.7. The van der Waals surface area contributed by atoms with Crippen LogP contribution in [0.2, 0.25) is 0 Å². The van der Waals surface area contributed by atoms with Crippen molar-refractivity contribution in [3.05, 3.63) is 23.3 Å². The topological polar surface area (TPSA) is 66.8 Å². The highest BCUT2D eigenvalue weighted by Gasteiger charge is 2.81. The Morgan fingerprint density at radius 2 is 1.85 bits per heavy atom. The maximum atomic E-state index is 12.0. The van der Waals surface area contributed by atoms with Crippen LogP contribution in [0.5, 0.6) is 0 Å². The normalized spacial score (nSPS) is 53.5. The molecular weight excluding hydrogens is 424 g/mol. The molecule has 4 fully saturated rings. The van der Waals surface area contributed by atoms with E-state index in [-0.39, 0.29) is 33.7 Å². The number of aliphatic hydroxyl groups is 2. The molecule has 0 radical (unpaired) electrons. The Hall–Kier alpha value is -1.13. The first-order chi connectivity index (χ1) is 15.7. The summed E-state index contributed by atoms with van der Waals surface area (Å²) in [6.07, 6.45) is 14.0. The molecule has 2 N–H and O–H groups in total. The summed E-state index contributed by atoms with van der Waals surface area (Å²) in [5.74, 6) is -0.340. The van der Waals surface area contributed by atoms with Gasteiger partial charge in [-0.1, -0.05) is 46.3 Å². The third-order valence-corrected chi connectivity index (χ3v) is 12.9. The molecule has 0 amide bonds. The number of rotatable bonds is 3. The van der Waals surface area contributed by atoms with Gasteiger partial charge < -0.3 is 14.9 Å². The molecule has 5 aliphatic carbocycles. The molecule has 4 heteroatoms.